The highest BCUT2D eigenvalue weighted by atomic mass is 32.2. The predicted molar refractivity (Wildman–Crippen MR) is 107 cm³/mol. The van der Waals surface area contributed by atoms with E-state index in [1.807, 2.05) is 62.4 Å². The fourth-order valence-corrected chi connectivity index (χ4v) is 3.24. The number of rotatable bonds is 6. The van der Waals surface area contributed by atoms with Gasteiger partial charge in [-0.1, -0.05) is 60.3 Å². The molecule has 0 bridgehead atoms. The van der Waals surface area contributed by atoms with E-state index in [1.54, 1.807) is 0 Å². The summed E-state index contributed by atoms with van der Waals surface area (Å²) < 4.78 is 0. The van der Waals surface area contributed by atoms with Gasteiger partial charge in [-0.3, -0.25) is 14.6 Å². The first-order valence-corrected chi connectivity index (χ1v) is 9.50. The van der Waals surface area contributed by atoms with E-state index in [9.17, 15) is 9.59 Å². The van der Waals surface area contributed by atoms with E-state index >= 15 is 0 Å². The number of carbonyl (C=O) groups is 1. The van der Waals surface area contributed by atoms with Crippen LogP contribution in [0.5, 0.6) is 0 Å². The molecule has 1 heterocycles. The van der Waals surface area contributed by atoms with Crippen molar-refractivity contribution in [1.82, 2.24) is 15.2 Å². The van der Waals surface area contributed by atoms with Crippen LogP contribution >= 0.6 is 11.8 Å². The van der Waals surface area contributed by atoms with Gasteiger partial charge in [0.2, 0.25) is 5.91 Å². The highest BCUT2D eigenvalue weighted by Crippen LogP contribution is 2.20. The van der Waals surface area contributed by atoms with Crippen molar-refractivity contribution in [2.45, 2.75) is 25.4 Å². The monoisotopic (exact) mass is 380 g/mol. The molecule has 0 aliphatic heterocycles. The Balaban J connectivity index is 1.60. The molecule has 3 aromatic rings. The number of nitrogens with zero attached hydrogens (tertiary/aromatic N) is 2. The van der Waals surface area contributed by atoms with Crippen molar-refractivity contribution in [2.24, 2.45) is 0 Å². The first kappa shape index (κ1) is 18.8. The molecule has 0 saturated heterocycles. The molecule has 6 nitrogen and oxygen atoms in total. The van der Waals surface area contributed by atoms with Crippen LogP contribution in [0.1, 0.15) is 22.4 Å². The first-order valence-electron chi connectivity index (χ1n) is 8.51. The lowest BCUT2D eigenvalue weighted by Crippen LogP contribution is -2.19. The Morgan fingerprint density at radius 1 is 1.04 bits per heavy atom. The summed E-state index contributed by atoms with van der Waals surface area (Å²) in [5.41, 5.74) is 3.89. The van der Waals surface area contributed by atoms with E-state index in [0.717, 1.165) is 34.1 Å². The van der Waals surface area contributed by atoms with Gasteiger partial charge in [0, 0.05) is 12.1 Å². The maximum atomic E-state index is 12.2. The topological polar surface area (TPSA) is 87.7 Å². The van der Waals surface area contributed by atoms with Crippen molar-refractivity contribution in [2.75, 3.05) is 11.1 Å². The van der Waals surface area contributed by atoms with Crippen LogP contribution in [-0.2, 0) is 11.2 Å². The second kappa shape index (κ2) is 8.64. The molecule has 0 aliphatic carbocycles. The Bertz CT molecular complexity index is 982. The molecule has 0 radical (unpaired) electrons. The molecule has 2 N–H and O–H groups in total. The molecule has 0 fully saturated rings. The number of amides is 1. The lowest BCUT2D eigenvalue weighted by Gasteiger charge is -2.11. The highest BCUT2D eigenvalue weighted by Gasteiger charge is 2.11. The van der Waals surface area contributed by atoms with Crippen LogP contribution in [0.25, 0.3) is 0 Å². The van der Waals surface area contributed by atoms with E-state index in [-0.39, 0.29) is 17.2 Å². The normalized spacial score (nSPS) is 10.6. The standard InChI is InChI=1S/C20H20N4O2S/c1-13-7-6-8-14(2)18(13)21-17(25)12-27-20-22-19(26)16(23-24-20)11-15-9-4-3-5-10-15/h3-10H,11-12H2,1-2H3,(H,21,25)(H,22,24,26). The average Bonchev–Trinajstić information content (AvgIpc) is 2.66. The summed E-state index contributed by atoms with van der Waals surface area (Å²) in [4.78, 5) is 27.1. The van der Waals surface area contributed by atoms with Crippen LogP contribution < -0.4 is 10.9 Å². The number of thioether (sulfide) groups is 1. The molecule has 27 heavy (non-hydrogen) atoms. The molecule has 7 heteroatoms. The summed E-state index contributed by atoms with van der Waals surface area (Å²) >= 11 is 1.15. The number of aryl methyl sites for hydroxylation is 2. The van der Waals surface area contributed by atoms with E-state index < -0.39 is 0 Å². The van der Waals surface area contributed by atoms with Gasteiger partial charge in [0.1, 0.15) is 5.69 Å². The van der Waals surface area contributed by atoms with Crippen LogP contribution in [0.15, 0.2) is 58.5 Å². The van der Waals surface area contributed by atoms with E-state index in [4.69, 9.17) is 0 Å². The van der Waals surface area contributed by atoms with Gasteiger partial charge in [-0.15, -0.1) is 10.2 Å². The first-order chi connectivity index (χ1) is 13.0. The van der Waals surface area contributed by atoms with E-state index in [2.05, 4.69) is 20.5 Å². The van der Waals surface area contributed by atoms with Crippen molar-refractivity contribution in [3.63, 3.8) is 0 Å². The zero-order chi connectivity index (χ0) is 19.2. The molecule has 2 aromatic carbocycles. The van der Waals surface area contributed by atoms with Gasteiger partial charge >= 0.3 is 0 Å². The molecule has 1 aromatic heterocycles. The lowest BCUT2D eigenvalue weighted by molar-refractivity contribution is -0.113. The molecule has 0 atom stereocenters. The van der Waals surface area contributed by atoms with Gasteiger partial charge in [-0.25, -0.2) is 0 Å². The summed E-state index contributed by atoms with van der Waals surface area (Å²) in [6.07, 6.45) is 0.418. The van der Waals surface area contributed by atoms with E-state index in [1.165, 1.54) is 0 Å². The lowest BCUT2D eigenvalue weighted by atomic mass is 10.1. The Kier molecular flexibility index (Phi) is 6.03. The molecule has 3 rings (SSSR count). The average molecular weight is 380 g/mol. The second-order valence-corrected chi connectivity index (χ2v) is 7.14. The molecule has 1 amide bonds. The van der Waals surface area contributed by atoms with Gasteiger partial charge < -0.3 is 5.32 Å². The van der Waals surface area contributed by atoms with Crippen molar-refractivity contribution < 1.29 is 4.79 Å². The van der Waals surface area contributed by atoms with Crippen LogP contribution in [0.3, 0.4) is 0 Å². The number of aromatic amines is 1. The van der Waals surface area contributed by atoms with Crippen molar-refractivity contribution in [3.05, 3.63) is 81.3 Å². The number of benzene rings is 2. The number of hydrogen-bond acceptors (Lipinski definition) is 5. The molecule has 0 spiro atoms. The number of carbonyl (C=O) groups excluding carboxylic acids is 1. The van der Waals surface area contributed by atoms with Gasteiger partial charge in [0.15, 0.2) is 5.16 Å². The number of H-pyrrole nitrogens is 1. The Morgan fingerprint density at radius 3 is 2.41 bits per heavy atom. The smallest absolute Gasteiger partial charge is 0.273 e. The zero-order valence-electron chi connectivity index (χ0n) is 15.2. The summed E-state index contributed by atoms with van der Waals surface area (Å²) in [5, 5.41) is 11.3. The SMILES string of the molecule is Cc1cccc(C)c1NC(=O)CSc1nnc(Cc2ccccc2)c(=O)[nH]1. The van der Waals surface area contributed by atoms with Gasteiger partial charge in [-0.05, 0) is 30.5 Å². The second-order valence-electron chi connectivity index (χ2n) is 6.17. The van der Waals surface area contributed by atoms with Crippen LogP contribution in [0.2, 0.25) is 0 Å². The Hall–Kier alpha value is -2.93. The summed E-state index contributed by atoms with van der Waals surface area (Å²) in [5.74, 6) is -0.0235. The highest BCUT2D eigenvalue weighted by molar-refractivity contribution is 7.99. The Morgan fingerprint density at radius 2 is 1.74 bits per heavy atom. The predicted octanol–water partition coefficient (Wildman–Crippen LogP) is 3.10. The minimum absolute atomic E-state index is 0.135. The summed E-state index contributed by atoms with van der Waals surface area (Å²) in [6, 6.07) is 15.5. The van der Waals surface area contributed by atoms with Crippen LogP contribution in [0, 0.1) is 13.8 Å². The molecular formula is C20H20N4O2S. The number of nitrogens with one attached hydrogen (secondary N) is 2. The third kappa shape index (κ3) is 5.04. The quantitative estimate of drug-likeness (QED) is 0.642. The number of aromatic nitrogens is 3. The molecule has 0 saturated carbocycles. The molecular weight excluding hydrogens is 360 g/mol. The van der Waals surface area contributed by atoms with Crippen LogP contribution in [-0.4, -0.2) is 26.8 Å². The van der Waals surface area contributed by atoms with Crippen LogP contribution in [0.4, 0.5) is 5.69 Å². The minimum Gasteiger partial charge on any atom is -0.325 e. The van der Waals surface area contributed by atoms with Crippen molar-refractivity contribution >= 4 is 23.4 Å². The molecule has 0 unspecified atom stereocenters. The number of para-hydroxylation sites is 1. The molecule has 138 valence electrons. The maximum absolute atomic E-state index is 12.2. The third-order valence-corrected chi connectivity index (χ3v) is 4.91. The van der Waals surface area contributed by atoms with Gasteiger partial charge in [0.25, 0.3) is 5.56 Å². The van der Waals surface area contributed by atoms with Gasteiger partial charge in [-0.2, -0.15) is 0 Å². The largest absolute Gasteiger partial charge is 0.325 e. The Labute approximate surface area is 161 Å². The molecule has 0 aliphatic rings. The minimum atomic E-state index is -0.286. The summed E-state index contributed by atoms with van der Waals surface area (Å²) in [7, 11) is 0. The number of hydrogen-bond donors (Lipinski definition) is 2. The summed E-state index contributed by atoms with van der Waals surface area (Å²) in [6.45, 7) is 3.90. The maximum Gasteiger partial charge on any atom is 0.273 e. The van der Waals surface area contributed by atoms with Gasteiger partial charge in [0.05, 0.1) is 5.75 Å². The fraction of sp³-hybridized carbons (Fsp3) is 0.200. The third-order valence-electron chi connectivity index (χ3n) is 4.04. The zero-order valence-corrected chi connectivity index (χ0v) is 16.0. The van der Waals surface area contributed by atoms with E-state index in [0.29, 0.717) is 17.3 Å². The fourth-order valence-electron chi connectivity index (χ4n) is 2.64. The van der Waals surface area contributed by atoms with Crippen molar-refractivity contribution in [3.8, 4) is 0 Å². The van der Waals surface area contributed by atoms with Crippen molar-refractivity contribution in [1.29, 1.82) is 0 Å². The number of anilines is 1.